The molecule has 0 bridgehead atoms. The number of aromatic nitrogens is 2. The molecule has 2 amide bonds. The van der Waals surface area contributed by atoms with E-state index in [-0.39, 0.29) is 11.8 Å². The molecule has 8 nitrogen and oxygen atoms in total. The Morgan fingerprint density at radius 1 is 0.633 bits per heavy atom. The minimum atomic E-state index is -0.127. The first-order valence-electron chi connectivity index (χ1n) is 20.1. The van der Waals surface area contributed by atoms with E-state index in [0.29, 0.717) is 23.4 Å². The van der Waals surface area contributed by atoms with Crippen LogP contribution in [-0.4, -0.2) is 54.0 Å². The van der Waals surface area contributed by atoms with Crippen molar-refractivity contribution in [2.24, 2.45) is 0 Å². The normalized spacial score (nSPS) is 11.0. The van der Waals surface area contributed by atoms with Crippen LogP contribution in [0, 0.1) is 0 Å². The Balaban J connectivity index is 0.000000181. The number of hydrogen-bond acceptors (Lipinski definition) is 6. The van der Waals surface area contributed by atoms with Crippen LogP contribution in [-0.2, 0) is 6.42 Å². The van der Waals surface area contributed by atoms with Gasteiger partial charge in [-0.1, -0.05) is 140 Å². The molecule has 0 saturated heterocycles. The van der Waals surface area contributed by atoms with Gasteiger partial charge in [-0.2, -0.15) is 0 Å². The van der Waals surface area contributed by atoms with E-state index in [1.54, 1.807) is 17.4 Å². The minimum absolute atomic E-state index is 0.0942. The number of carbonyl (C=O) groups excluding carboxylic acids is 2. The number of nitrogens with one attached hydrogen (secondary N) is 1. The average molecular weight is 789 g/mol. The quantitative estimate of drug-likeness (QED) is 0.117. The highest BCUT2D eigenvalue weighted by molar-refractivity contribution is 6.08. The molecule has 2 heterocycles. The van der Waals surface area contributed by atoms with Crippen LogP contribution >= 0.6 is 0 Å². The van der Waals surface area contributed by atoms with E-state index in [0.717, 1.165) is 58.1 Å². The van der Waals surface area contributed by atoms with Crippen molar-refractivity contribution in [3.63, 3.8) is 0 Å². The van der Waals surface area contributed by atoms with Crippen LogP contribution in [0.1, 0.15) is 38.3 Å². The zero-order chi connectivity index (χ0) is 41.5. The topological polar surface area (TPSA) is 81.7 Å². The minimum Gasteiger partial charge on any atom is -0.374 e. The Hall–Kier alpha value is -7.42. The summed E-state index contributed by atoms with van der Waals surface area (Å²) in [6.45, 7) is 1.44. The maximum absolute atomic E-state index is 13.4. The predicted molar refractivity (Wildman–Crippen MR) is 247 cm³/mol. The van der Waals surface area contributed by atoms with Crippen molar-refractivity contribution in [3.8, 4) is 0 Å². The predicted octanol–water partition coefficient (Wildman–Crippen LogP) is 11.0. The molecule has 0 atom stereocenters. The third-order valence-corrected chi connectivity index (χ3v) is 10.1. The van der Waals surface area contributed by atoms with Crippen molar-refractivity contribution in [3.05, 3.63) is 217 Å². The van der Waals surface area contributed by atoms with Gasteiger partial charge in [0.1, 0.15) is 0 Å². The number of nitrogens with zero attached hydrogens (tertiary/aromatic N) is 5. The number of rotatable bonds is 13. The van der Waals surface area contributed by atoms with Crippen molar-refractivity contribution in [2.75, 3.05) is 42.4 Å². The summed E-state index contributed by atoms with van der Waals surface area (Å²) in [5.41, 5.74) is 7.92. The van der Waals surface area contributed by atoms with Crippen LogP contribution in [0.3, 0.4) is 0 Å². The van der Waals surface area contributed by atoms with Crippen molar-refractivity contribution in [1.29, 1.82) is 0 Å². The molecule has 0 saturated carbocycles. The number of benzene rings is 6. The SMILES string of the molecule is CN(CC=Cc1ccccc1)N(C(=O)c1ccccc1)c1cnc2ccccc2c1.CN(CCCc1ccccc1)c1ccccc1C(=O)Nc1cnc2ccccc2c1. The molecule has 6 aromatic carbocycles. The van der Waals surface area contributed by atoms with Crippen molar-refractivity contribution < 1.29 is 9.59 Å². The number of pyridine rings is 2. The summed E-state index contributed by atoms with van der Waals surface area (Å²) in [5, 5.41) is 8.58. The Morgan fingerprint density at radius 2 is 1.22 bits per heavy atom. The fraction of sp³-hybridized carbons (Fsp3) is 0.115. The maximum atomic E-state index is 13.4. The number of carbonyl (C=O) groups is 2. The summed E-state index contributed by atoms with van der Waals surface area (Å²) in [4.78, 5) is 37.5. The van der Waals surface area contributed by atoms with Gasteiger partial charge < -0.3 is 10.2 Å². The molecule has 60 heavy (non-hydrogen) atoms. The molecular formula is C52H48N6O2. The first kappa shape index (κ1) is 40.8. The molecule has 2 aromatic heterocycles. The summed E-state index contributed by atoms with van der Waals surface area (Å²) in [6, 6.07) is 57.4. The molecule has 0 spiro atoms. The van der Waals surface area contributed by atoms with Crippen LogP contribution in [0.2, 0.25) is 0 Å². The lowest BCUT2D eigenvalue weighted by Gasteiger charge is -2.31. The number of anilines is 3. The van der Waals surface area contributed by atoms with Crippen LogP contribution in [0.15, 0.2) is 194 Å². The van der Waals surface area contributed by atoms with E-state index in [9.17, 15) is 9.59 Å². The number of hydrogen-bond donors (Lipinski definition) is 1. The van der Waals surface area contributed by atoms with E-state index in [2.05, 4.69) is 68.7 Å². The van der Waals surface area contributed by atoms with Crippen LogP contribution < -0.4 is 15.2 Å². The molecule has 0 aliphatic rings. The molecule has 0 radical (unpaired) electrons. The molecule has 8 rings (SSSR count). The van der Waals surface area contributed by atoms with Crippen molar-refractivity contribution in [2.45, 2.75) is 12.8 Å². The Labute approximate surface area is 352 Å². The summed E-state index contributed by atoms with van der Waals surface area (Å²) in [5.74, 6) is -0.221. The molecule has 8 aromatic rings. The van der Waals surface area contributed by atoms with Crippen molar-refractivity contribution >= 4 is 56.8 Å². The number of hydrazine groups is 1. The molecule has 0 fully saturated rings. The van der Waals surface area contributed by atoms with E-state index in [4.69, 9.17) is 0 Å². The standard InChI is InChI=1S/C26H23N3O.C26H25N3O/c1-28(18-10-13-21-11-4-2-5-12-21)29(26(30)22-14-6-3-7-15-22)24-19-23-16-8-9-17-25(23)27-20-24;1-29(17-9-12-20-10-3-2-4-11-20)25-16-8-6-14-23(25)26(30)28-22-18-21-13-5-7-15-24(21)27-19-22/h2-17,19-20H,18H2,1H3;2-8,10-11,13-16,18-19H,9,12,17H2,1H3,(H,28,30). The van der Waals surface area contributed by atoms with Crippen LogP contribution in [0.25, 0.3) is 27.9 Å². The number of likely N-dealkylation sites (N-methyl/N-ethyl adjacent to an activating group) is 1. The second kappa shape index (κ2) is 20.3. The smallest absolute Gasteiger partial charge is 0.272 e. The average Bonchev–Trinajstić information content (AvgIpc) is 3.30. The molecule has 0 aliphatic heterocycles. The van der Waals surface area contributed by atoms with E-state index in [1.807, 2.05) is 159 Å². The van der Waals surface area contributed by atoms with Gasteiger partial charge in [0, 0.05) is 49.2 Å². The second-order valence-corrected chi connectivity index (χ2v) is 14.4. The lowest BCUT2D eigenvalue weighted by Crippen LogP contribution is -2.44. The largest absolute Gasteiger partial charge is 0.374 e. The van der Waals surface area contributed by atoms with Crippen LogP contribution in [0.5, 0.6) is 0 Å². The summed E-state index contributed by atoms with van der Waals surface area (Å²) < 4.78 is 0. The first-order chi connectivity index (χ1) is 29.4. The highest BCUT2D eigenvalue weighted by Crippen LogP contribution is 2.25. The fourth-order valence-corrected chi connectivity index (χ4v) is 6.96. The van der Waals surface area contributed by atoms with E-state index in [1.165, 1.54) is 5.56 Å². The van der Waals surface area contributed by atoms with Gasteiger partial charge in [-0.25, -0.2) is 10.0 Å². The fourth-order valence-electron chi connectivity index (χ4n) is 6.96. The third kappa shape index (κ3) is 10.7. The lowest BCUT2D eigenvalue weighted by molar-refractivity contribution is 0.0921. The second-order valence-electron chi connectivity index (χ2n) is 14.4. The van der Waals surface area contributed by atoms with Crippen LogP contribution in [0.4, 0.5) is 17.1 Å². The molecule has 0 aliphatic carbocycles. The van der Waals surface area contributed by atoms with E-state index < -0.39 is 0 Å². The maximum Gasteiger partial charge on any atom is 0.272 e. The number of fused-ring (bicyclic) bond motifs is 2. The Morgan fingerprint density at radius 3 is 1.93 bits per heavy atom. The van der Waals surface area contributed by atoms with Crippen molar-refractivity contribution in [1.82, 2.24) is 15.0 Å². The van der Waals surface area contributed by atoms with Gasteiger partial charge >= 0.3 is 0 Å². The lowest BCUT2D eigenvalue weighted by atomic mass is 10.1. The van der Waals surface area contributed by atoms with Gasteiger partial charge in [-0.15, -0.1) is 0 Å². The summed E-state index contributed by atoms with van der Waals surface area (Å²) in [7, 11) is 3.94. The molecule has 8 heteroatoms. The number of amides is 2. The van der Waals surface area contributed by atoms with Gasteiger partial charge in [-0.3, -0.25) is 19.6 Å². The van der Waals surface area contributed by atoms with E-state index >= 15 is 0 Å². The third-order valence-electron chi connectivity index (χ3n) is 10.1. The highest BCUT2D eigenvalue weighted by Gasteiger charge is 2.22. The van der Waals surface area contributed by atoms with Gasteiger partial charge in [0.15, 0.2) is 0 Å². The van der Waals surface area contributed by atoms with Gasteiger partial charge in [-0.05, 0) is 72.5 Å². The monoisotopic (exact) mass is 788 g/mol. The molecule has 0 unspecified atom stereocenters. The number of aryl methyl sites for hydroxylation is 1. The zero-order valence-corrected chi connectivity index (χ0v) is 33.9. The molecule has 1 N–H and O–H groups in total. The highest BCUT2D eigenvalue weighted by atomic mass is 16.2. The first-order valence-corrected chi connectivity index (χ1v) is 20.1. The van der Waals surface area contributed by atoms with Gasteiger partial charge in [0.25, 0.3) is 11.8 Å². The number of para-hydroxylation sites is 3. The molecule has 298 valence electrons. The summed E-state index contributed by atoms with van der Waals surface area (Å²) >= 11 is 0. The Kier molecular flexibility index (Phi) is 13.8. The summed E-state index contributed by atoms with van der Waals surface area (Å²) in [6.07, 6.45) is 9.59. The molecular weight excluding hydrogens is 741 g/mol. The van der Waals surface area contributed by atoms with Gasteiger partial charge in [0.05, 0.1) is 40.4 Å². The van der Waals surface area contributed by atoms with Gasteiger partial charge in [0.2, 0.25) is 0 Å². The Bertz CT molecular complexity index is 2670. The zero-order valence-electron chi connectivity index (χ0n) is 33.9.